The van der Waals surface area contributed by atoms with Crippen LogP contribution in [0.5, 0.6) is 0 Å². The number of aryl methyl sites for hydroxylation is 1. The van der Waals surface area contributed by atoms with Gasteiger partial charge in [0, 0.05) is 29.7 Å². The van der Waals surface area contributed by atoms with E-state index in [1.165, 1.54) is 22.8 Å². The van der Waals surface area contributed by atoms with E-state index in [0.717, 1.165) is 12.1 Å². The van der Waals surface area contributed by atoms with Gasteiger partial charge in [-0.2, -0.15) is 11.8 Å². The van der Waals surface area contributed by atoms with E-state index in [-0.39, 0.29) is 0 Å². The highest BCUT2D eigenvalue weighted by Gasteiger charge is 2.23. The van der Waals surface area contributed by atoms with E-state index in [4.69, 9.17) is 18.0 Å². The van der Waals surface area contributed by atoms with Crippen molar-refractivity contribution in [1.29, 1.82) is 0 Å². The molecule has 92 valence electrons. The number of rotatable bonds is 2. The van der Waals surface area contributed by atoms with Crippen LogP contribution < -0.4 is 10.6 Å². The topological polar surface area (TPSA) is 29.3 Å². The Labute approximate surface area is 113 Å². The van der Waals surface area contributed by atoms with Crippen LogP contribution in [0.15, 0.2) is 18.2 Å². The fourth-order valence-electron chi connectivity index (χ4n) is 2.30. The summed E-state index contributed by atoms with van der Waals surface area (Å²) in [6.07, 6.45) is 0. The standard InChI is InChI=1S/C13H18N2S2/c1-9-4-3-5-11(13(14)16)12(9)15-6-7-17-8-10(15)2/h3-5,10H,6-8H2,1-2H3,(H2,14,16). The number of nitrogens with two attached hydrogens (primary N) is 1. The van der Waals surface area contributed by atoms with Gasteiger partial charge >= 0.3 is 0 Å². The Morgan fingerprint density at radius 3 is 2.94 bits per heavy atom. The largest absolute Gasteiger partial charge is 0.389 e. The van der Waals surface area contributed by atoms with E-state index in [0.29, 0.717) is 11.0 Å². The van der Waals surface area contributed by atoms with E-state index in [1.54, 1.807) is 0 Å². The van der Waals surface area contributed by atoms with Gasteiger partial charge in [0.15, 0.2) is 0 Å². The molecule has 0 bridgehead atoms. The van der Waals surface area contributed by atoms with Gasteiger partial charge in [-0.25, -0.2) is 0 Å². The Balaban J connectivity index is 2.45. The Kier molecular flexibility index (Phi) is 3.94. The van der Waals surface area contributed by atoms with Crippen LogP contribution in [0.25, 0.3) is 0 Å². The molecule has 4 heteroatoms. The number of anilines is 1. The molecule has 1 aliphatic heterocycles. The highest BCUT2D eigenvalue weighted by atomic mass is 32.2. The van der Waals surface area contributed by atoms with Crippen molar-refractivity contribution in [2.24, 2.45) is 5.73 Å². The van der Waals surface area contributed by atoms with Crippen molar-refractivity contribution >= 4 is 34.7 Å². The molecule has 0 aromatic heterocycles. The summed E-state index contributed by atoms with van der Waals surface area (Å²) < 4.78 is 0. The van der Waals surface area contributed by atoms with Crippen molar-refractivity contribution in [3.63, 3.8) is 0 Å². The number of hydrogen-bond donors (Lipinski definition) is 1. The molecule has 1 fully saturated rings. The van der Waals surface area contributed by atoms with Gasteiger partial charge in [0.05, 0.1) is 5.69 Å². The van der Waals surface area contributed by atoms with Crippen LogP contribution in [-0.4, -0.2) is 29.1 Å². The van der Waals surface area contributed by atoms with Gasteiger partial charge in [0.25, 0.3) is 0 Å². The van der Waals surface area contributed by atoms with Crippen molar-refractivity contribution in [1.82, 2.24) is 0 Å². The summed E-state index contributed by atoms with van der Waals surface area (Å²) in [5.41, 5.74) is 9.34. The normalized spacial score (nSPS) is 20.4. The van der Waals surface area contributed by atoms with E-state index < -0.39 is 0 Å². The minimum Gasteiger partial charge on any atom is -0.389 e. The highest BCUT2D eigenvalue weighted by molar-refractivity contribution is 7.99. The third kappa shape index (κ3) is 2.58. The molecular formula is C13H18N2S2. The molecule has 0 amide bonds. The molecule has 0 radical (unpaired) electrons. The first-order chi connectivity index (χ1) is 8.11. The zero-order valence-electron chi connectivity index (χ0n) is 10.3. The molecule has 1 saturated heterocycles. The number of para-hydroxylation sites is 1. The third-order valence-electron chi connectivity index (χ3n) is 3.16. The maximum Gasteiger partial charge on any atom is 0.106 e. The molecule has 2 rings (SSSR count). The molecule has 17 heavy (non-hydrogen) atoms. The summed E-state index contributed by atoms with van der Waals surface area (Å²) in [6, 6.07) is 6.73. The summed E-state index contributed by atoms with van der Waals surface area (Å²) in [5, 5.41) is 0. The Morgan fingerprint density at radius 1 is 1.53 bits per heavy atom. The van der Waals surface area contributed by atoms with Crippen molar-refractivity contribution in [2.75, 3.05) is 23.0 Å². The van der Waals surface area contributed by atoms with Gasteiger partial charge in [0.1, 0.15) is 4.99 Å². The number of hydrogen-bond acceptors (Lipinski definition) is 3. The summed E-state index contributed by atoms with van der Waals surface area (Å²) in [6.45, 7) is 5.47. The molecule has 0 saturated carbocycles. The lowest BCUT2D eigenvalue weighted by Crippen LogP contribution is -2.41. The summed E-state index contributed by atoms with van der Waals surface area (Å²) in [4.78, 5) is 2.94. The molecule has 1 heterocycles. The molecule has 1 aromatic rings. The van der Waals surface area contributed by atoms with Gasteiger partial charge in [0.2, 0.25) is 0 Å². The molecule has 0 aliphatic carbocycles. The molecule has 2 N–H and O–H groups in total. The fraction of sp³-hybridized carbons (Fsp3) is 0.462. The maximum absolute atomic E-state index is 5.84. The van der Waals surface area contributed by atoms with Crippen molar-refractivity contribution in [3.8, 4) is 0 Å². The van der Waals surface area contributed by atoms with E-state index >= 15 is 0 Å². The van der Waals surface area contributed by atoms with E-state index in [1.807, 2.05) is 23.9 Å². The van der Waals surface area contributed by atoms with Crippen LogP contribution in [0.3, 0.4) is 0 Å². The second kappa shape index (κ2) is 5.27. The lowest BCUT2D eigenvalue weighted by molar-refractivity contribution is 0.697. The zero-order chi connectivity index (χ0) is 12.4. The smallest absolute Gasteiger partial charge is 0.106 e. The Hall–Kier alpha value is -0.740. The average Bonchev–Trinajstić information content (AvgIpc) is 2.30. The van der Waals surface area contributed by atoms with Crippen LogP contribution in [0.2, 0.25) is 0 Å². The first kappa shape index (κ1) is 12.7. The van der Waals surface area contributed by atoms with Gasteiger partial charge in [-0.05, 0) is 25.5 Å². The number of thioether (sulfide) groups is 1. The molecule has 1 atom stereocenters. The fourth-order valence-corrected chi connectivity index (χ4v) is 3.48. The SMILES string of the molecule is Cc1cccc(C(N)=S)c1N1CCSCC1C. The number of benzene rings is 1. The first-order valence-electron chi connectivity index (χ1n) is 5.85. The molecular weight excluding hydrogens is 248 g/mol. The minimum atomic E-state index is 0.495. The van der Waals surface area contributed by atoms with Crippen LogP contribution >= 0.6 is 24.0 Å². The van der Waals surface area contributed by atoms with Crippen LogP contribution in [0, 0.1) is 6.92 Å². The van der Waals surface area contributed by atoms with E-state index in [2.05, 4.69) is 24.8 Å². The molecule has 1 aromatic carbocycles. The number of thiocarbonyl (C=S) groups is 1. The third-order valence-corrected chi connectivity index (χ3v) is 4.57. The van der Waals surface area contributed by atoms with Crippen LogP contribution in [0.4, 0.5) is 5.69 Å². The van der Waals surface area contributed by atoms with Gasteiger partial charge in [-0.3, -0.25) is 0 Å². The Bertz CT molecular complexity index is 431. The summed E-state index contributed by atoms with van der Waals surface area (Å²) in [5.74, 6) is 2.35. The Morgan fingerprint density at radius 2 is 2.29 bits per heavy atom. The first-order valence-corrected chi connectivity index (χ1v) is 7.41. The summed E-state index contributed by atoms with van der Waals surface area (Å²) >= 11 is 7.18. The van der Waals surface area contributed by atoms with Crippen molar-refractivity contribution < 1.29 is 0 Å². The van der Waals surface area contributed by atoms with Gasteiger partial charge in [-0.1, -0.05) is 24.4 Å². The number of nitrogens with zero attached hydrogens (tertiary/aromatic N) is 1. The molecule has 1 aliphatic rings. The second-order valence-electron chi connectivity index (χ2n) is 4.45. The zero-order valence-corrected chi connectivity index (χ0v) is 11.9. The van der Waals surface area contributed by atoms with Crippen molar-refractivity contribution in [2.45, 2.75) is 19.9 Å². The average molecular weight is 266 g/mol. The second-order valence-corrected chi connectivity index (χ2v) is 6.04. The van der Waals surface area contributed by atoms with Crippen molar-refractivity contribution in [3.05, 3.63) is 29.3 Å². The lowest BCUT2D eigenvalue weighted by Gasteiger charge is -2.37. The van der Waals surface area contributed by atoms with Crippen LogP contribution in [0.1, 0.15) is 18.1 Å². The summed E-state index contributed by atoms with van der Waals surface area (Å²) in [7, 11) is 0. The minimum absolute atomic E-state index is 0.495. The molecule has 1 unspecified atom stereocenters. The lowest BCUT2D eigenvalue weighted by atomic mass is 10.1. The van der Waals surface area contributed by atoms with Crippen LogP contribution in [-0.2, 0) is 0 Å². The highest BCUT2D eigenvalue weighted by Crippen LogP contribution is 2.30. The monoisotopic (exact) mass is 266 g/mol. The molecule has 2 nitrogen and oxygen atoms in total. The van der Waals surface area contributed by atoms with Gasteiger partial charge in [-0.15, -0.1) is 0 Å². The van der Waals surface area contributed by atoms with Gasteiger partial charge < -0.3 is 10.6 Å². The predicted molar refractivity (Wildman–Crippen MR) is 81.2 cm³/mol. The predicted octanol–water partition coefficient (Wildman–Crippen LogP) is 2.57. The quantitative estimate of drug-likeness (QED) is 0.833. The molecule has 0 spiro atoms. The van der Waals surface area contributed by atoms with E-state index in [9.17, 15) is 0 Å². The maximum atomic E-state index is 5.84.